The first-order valence-corrected chi connectivity index (χ1v) is 9.02. The largest absolute Gasteiger partial charge is 0.478 e. The number of nitro benzene ring substituents is 1. The van der Waals surface area contributed by atoms with Gasteiger partial charge in [0, 0.05) is 60.0 Å². The summed E-state index contributed by atoms with van der Waals surface area (Å²) in [6, 6.07) is 7.52. The van der Waals surface area contributed by atoms with Crippen LogP contribution in [-0.2, 0) is 9.59 Å². The Hall–Kier alpha value is -3.46. The molecular formula is C20H23N3O6. The van der Waals surface area contributed by atoms with Gasteiger partial charge >= 0.3 is 11.9 Å². The Kier molecular flexibility index (Phi) is 7.27. The van der Waals surface area contributed by atoms with Gasteiger partial charge in [0.25, 0.3) is 5.69 Å². The number of aliphatic carboxylic acids is 2. The van der Waals surface area contributed by atoms with Crippen LogP contribution in [0.15, 0.2) is 42.5 Å². The Morgan fingerprint density at radius 3 is 2.34 bits per heavy atom. The van der Waals surface area contributed by atoms with Gasteiger partial charge in [-0.25, -0.2) is 9.59 Å². The van der Waals surface area contributed by atoms with Gasteiger partial charge in [0.05, 0.1) is 4.92 Å². The molecule has 2 aromatic rings. The van der Waals surface area contributed by atoms with E-state index < -0.39 is 11.9 Å². The van der Waals surface area contributed by atoms with E-state index in [2.05, 4.69) is 29.8 Å². The van der Waals surface area contributed by atoms with Crippen LogP contribution in [0, 0.1) is 10.1 Å². The number of nitrogens with zero attached hydrogens (tertiary/aromatic N) is 2. The molecule has 2 heterocycles. The summed E-state index contributed by atoms with van der Waals surface area (Å²) in [4.78, 5) is 35.4. The highest BCUT2D eigenvalue weighted by Crippen LogP contribution is 2.28. The molecule has 154 valence electrons. The van der Waals surface area contributed by atoms with E-state index in [0.29, 0.717) is 18.2 Å². The van der Waals surface area contributed by atoms with Gasteiger partial charge in [0.1, 0.15) is 0 Å². The van der Waals surface area contributed by atoms with Crippen molar-refractivity contribution < 1.29 is 24.7 Å². The van der Waals surface area contributed by atoms with E-state index in [4.69, 9.17) is 10.2 Å². The number of benzene rings is 1. The van der Waals surface area contributed by atoms with Crippen LogP contribution < -0.4 is 0 Å². The number of carboxylic acids is 2. The summed E-state index contributed by atoms with van der Waals surface area (Å²) < 4.78 is 0. The second-order valence-electron chi connectivity index (χ2n) is 6.79. The van der Waals surface area contributed by atoms with Crippen LogP contribution in [0.25, 0.3) is 16.5 Å². The monoisotopic (exact) mass is 401 g/mol. The lowest BCUT2D eigenvalue weighted by molar-refractivity contribution is -0.384. The van der Waals surface area contributed by atoms with E-state index in [9.17, 15) is 19.7 Å². The summed E-state index contributed by atoms with van der Waals surface area (Å²) in [7, 11) is 0. The van der Waals surface area contributed by atoms with Gasteiger partial charge in [0.15, 0.2) is 0 Å². The fourth-order valence-corrected chi connectivity index (χ4v) is 2.95. The first kappa shape index (κ1) is 21.8. The molecule has 0 saturated carbocycles. The van der Waals surface area contributed by atoms with Crippen LogP contribution in [0.5, 0.6) is 0 Å². The number of aromatic nitrogens is 1. The van der Waals surface area contributed by atoms with E-state index >= 15 is 0 Å². The van der Waals surface area contributed by atoms with Crippen LogP contribution >= 0.6 is 0 Å². The summed E-state index contributed by atoms with van der Waals surface area (Å²) in [6.45, 7) is 6.43. The Labute approximate surface area is 167 Å². The normalized spacial score (nSPS) is 14.5. The highest BCUT2D eigenvalue weighted by molar-refractivity contribution is 5.89. The molecule has 0 atom stereocenters. The van der Waals surface area contributed by atoms with Crippen molar-refractivity contribution in [1.29, 1.82) is 0 Å². The summed E-state index contributed by atoms with van der Waals surface area (Å²) in [5, 5.41) is 27.4. The summed E-state index contributed by atoms with van der Waals surface area (Å²) in [5.74, 6) is -2.51. The molecule has 1 aromatic heterocycles. The molecule has 29 heavy (non-hydrogen) atoms. The quantitative estimate of drug-likeness (QED) is 0.397. The Bertz CT molecular complexity index is 958. The Morgan fingerprint density at radius 2 is 1.86 bits per heavy atom. The Morgan fingerprint density at radius 1 is 1.21 bits per heavy atom. The minimum atomic E-state index is -1.26. The molecule has 1 aromatic carbocycles. The Balaban J connectivity index is 0.000000321. The third-order valence-electron chi connectivity index (χ3n) is 4.50. The maximum absolute atomic E-state index is 10.8. The number of H-pyrrole nitrogens is 1. The maximum atomic E-state index is 10.8. The van der Waals surface area contributed by atoms with E-state index in [1.54, 1.807) is 18.2 Å². The molecule has 0 fully saturated rings. The summed E-state index contributed by atoms with van der Waals surface area (Å²) in [6.07, 6.45) is 4.38. The third kappa shape index (κ3) is 6.28. The molecule has 0 aliphatic carbocycles. The zero-order valence-corrected chi connectivity index (χ0v) is 16.2. The van der Waals surface area contributed by atoms with Crippen LogP contribution in [-0.4, -0.2) is 56.1 Å². The van der Waals surface area contributed by atoms with Crippen molar-refractivity contribution in [3.63, 3.8) is 0 Å². The number of rotatable bonds is 5. The fraction of sp³-hybridized carbons (Fsp3) is 0.300. The molecular weight excluding hydrogens is 378 g/mol. The van der Waals surface area contributed by atoms with Crippen LogP contribution in [0.1, 0.15) is 26.0 Å². The molecule has 1 aliphatic heterocycles. The molecule has 1 aliphatic rings. The van der Waals surface area contributed by atoms with E-state index in [1.165, 1.54) is 5.57 Å². The van der Waals surface area contributed by atoms with Crippen molar-refractivity contribution in [3.8, 4) is 0 Å². The lowest BCUT2D eigenvalue weighted by Crippen LogP contribution is -2.34. The summed E-state index contributed by atoms with van der Waals surface area (Å²) >= 11 is 0. The smallest absolute Gasteiger partial charge is 0.328 e. The summed E-state index contributed by atoms with van der Waals surface area (Å²) in [5.41, 5.74) is 3.46. The number of aromatic amines is 1. The van der Waals surface area contributed by atoms with E-state index in [0.717, 1.165) is 36.1 Å². The third-order valence-corrected chi connectivity index (χ3v) is 4.50. The minimum Gasteiger partial charge on any atom is -0.478 e. The molecule has 0 radical (unpaired) electrons. The van der Waals surface area contributed by atoms with Gasteiger partial charge in [-0.1, -0.05) is 6.08 Å². The molecule has 9 nitrogen and oxygen atoms in total. The molecule has 0 bridgehead atoms. The molecule has 3 N–H and O–H groups in total. The highest BCUT2D eigenvalue weighted by Gasteiger charge is 2.17. The molecule has 3 rings (SSSR count). The highest BCUT2D eigenvalue weighted by atomic mass is 16.6. The van der Waals surface area contributed by atoms with Crippen molar-refractivity contribution in [3.05, 3.63) is 58.3 Å². The maximum Gasteiger partial charge on any atom is 0.328 e. The van der Waals surface area contributed by atoms with Crippen LogP contribution in [0.2, 0.25) is 0 Å². The lowest BCUT2D eigenvalue weighted by Gasteiger charge is -2.29. The second-order valence-corrected chi connectivity index (χ2v) is 6.79. The van der Waals surface area contributed by atoms with Crippen molar-refractivity contribution in [2.75, 3.05) is 13.1 Å². The first-order valence-electron chi connectivity index (χ1n) is 9.02. The molecule has 0 amide bonds. The number of carboxylic acid groups (broad SMARTS) is 2. The fourth-order valence-electron chi connectivity index (χ4n) is 2.95. The van der Waals surface area contributed by atoms with E-state index in [1.807, 2.05) is 6.07 Å². The van der Waals surface area contributed by atoms with Crippen molar-refractivity contribution >= 4 is 34.1 Å². The van der Waals surface area contributed by atoms with Crippen LogP contribution in [0.4, 0.5) is 5.69 Å². The van der Waals surface area contributed by atoms with Crippen molar-refractivity contribution in [2.24, 2.45) is 0 Å². The average molecular weight is 401 g/mol. The number of hydrogen-bond acceptors (Lipinski definition) is 5. The lowest BCUT2D eigenvalue weighted by atomic mass is 10.0. The number of fused-ring (bicyclic) bond motifs is 1. The molecule has 0 unspecified atom stereocenters. The number of nitro groups is 1. The van der Waals surface area contributed by atoms with Gasteiger partial charge in [-0.3, -0.25) is 15.0 Å². The molecule has 9 heteroatoms. The minimum absolute atomic E-state index is 0.136. The average Bonchev–Trinajstić information content (AvgIpc) is 3.10. The number of hydrogen-bond donors (Lipinski definition) is 3. The standard InChI is InChI=1S/C16H19N3O2.C4H4O4/c1-11(2)18-7-5-12(6-8-18)16-10-13-9-14(19(20)21)3-4-15(13)17-16;5-3(6)1-2-4(7)8/h3-5,9-11,17H,6-8H2,1-2H3;1-2H,(H,5,6)(H,7,8)/b;2-1-. The van der Waals surface area contributed by atoms with Gasteiger partial charge in [0.2, 0.25) is 0 Å². The van der Waals surface area contributed by atoms with Crippen LogP contribution in [0.3, 0.4) is 0 Å². The zero-order chi connectivity index (χ0) is 21.6. The molecule has 0 spiro atoms. The van der Waals surface area contributed by atoms with E-state index in [-0.39, 0.29) is 10.6 Å². The van der Waals surface area contributed by atoms with Gasteiger partial charge in [-0.15, -0.1) is 0 Å². The second kappa shape index (κ2) is 9.65. The topological polar surface area (TPSA) is 137 Å². The predicted molar refractivity (Wildman–Crippen MR) is 109 cm³/mol. The molecule has 0 saturated heterocycles. The van der Waals surface area contributed by atoms with Crippen molar-refractivity contribution in [1.82, 2.24) is 9.88 Å². The number of carbonyl (C=O) groups is 2. The van der Waals surface area contributed by atoms with Crippen molar-refractivity contribution in [2.45, 2.75) is 26.3 Å². The number of non-ortho nitro benzene ring substituents is 1. The first-order chi connectivity index (χ1) is 13.7. The zero-order valence-electron chi connectivity index (χ0n) is 16.2. The number of nitrogens with one attached hydrogen (secondary N) is 1. The van der Waals surface area contributed by atoms with Gasteiger partial charge in [-0.2, -0.15) is 0 Å². The predicted octanol–water partition coefficient (Wildman–Crippen LogP) is 3.29. The SMILES string of the molecule is CC(C)N1CC=C(c2cc3cc([N+](=O)[O-])ccc3[nH]2)CC1.O=C(O)/C=C\C(=O)O. The van der Waals surface area contributed by atoms with Gasteiger partial charge in [-0.05, 0) is 38.0 Å². The van der Waals surface area contributed by atoms with Gasteiger partial charge < -0.3 is 15.2 Å².